The first-order valence-corrected chi connectivity index (χ1v) is 6.17. The third-order valence-corrected chi connectivity index (χ3v) is 3.06. The SMILES string of the molecule is CS(=O)(=O)CC[C@@H]1NC(=O)C[C@H]1N. The Hall–Kier alpha value is -0.620. The van der Waals surface area contributed by atoms with Crippen LogP contribution in [0.3, 0.4) is 0 Å². The molecular formula is C7H14N2O3S. The van der Waals surface area contributed by atoms with E-state index >= 15 is 0 Å². The second-order valence-electron chi connectivity index (χ2n) is 3.46. The zero-order valence-electron chi connectivity index (χ0n) is 7.49. The highest BCUT2D eigenvalue weighted by molar-refractivity contribution is 7.90. The number of nitrogens with two attached hydrogens (primary N) is 1. The summed E-state index contributed by atoms with van der Waals surface area (Å²) in [6, 6.07) is -0.420. The Kier molecular flexibility index (Phi) is 2.92. The maximum Gasteiger partial charge on any atom is 0.221 e. The van der Waals surface area contributed by atoms with Gasteiger partial charge < -0.3 is 11.1 Å². The van der Waals surface area contributed by atoms with Gasteiger partial charge in [0.1, 0.15) is 9.84 Å². The molecule has 76 valence electrons. The van der Waals surface area contributed by atoms with E-state index in [2.05, 4.69) is 5.32 Å². The second-order valence-corrected chi connectivity index (χ2v) is 5.72. The fourth-order valence-electron chi connectivity index (χ4n) is 1.36. The molecule has 0 spiro atoms. The van der Waals surface area contributed by atoms with Crippen LogP contribution >= 0.6 is 0 Å². The van der Waals surface area contributed by atoms with Crippen molar-refractivity contribution in [3.8, 4) is 0 Å². The van der Waals surface area contributed by atoms with Crippen molar-refractivity contribution in [1.29, 1.82) is 0 Å². The molecule has 3 N–H and O–H groups in total. The molecule has 1 amide bonds. The van der Waals surface area contributed by atoms with Crippen LogP contribution in [0, 0.1) is 0 Å². The van der Waals surface area contributed by atoms with Crippen molar-refractivity contribution in [3.63, 3.8) is 0 Å². The third-order valence-electron chi connectivity index (χ3n) is 2.08. The highest BCUT2D eigenvalue weighted by atomic mass is 32.2. The minimum Gasteiger partial charge on any atom is -0.352 e. The van der Waals surface area contributed by atoms with Crippen LogP contribution in [0.15, 0.2) is 0 Å². The Labute approximate surface area is 77.6 Å². The predicted molar refractivity (Wildman–Crippen MR) is 48.9 cm³/mol. The zero-order valence-corrected chi connectivity index (χ0v) is 8.30. The number of nitrogens with one attached hydrogen (secondary N) is 1. The lowest BCUT2D eigenvalue weighted by molar-refractivity contribution is -0.119. The van der Waals surface area contributed by atoms with Crippen molar-refractivity contribution in [2.45, 2.75) is 24.9 Å². The van der Waals surface area contributed by atoms with E-state index in [1.807, 2.05) is 0 Å². The van der Waals surface area contributed by atoms with E-state index in [0.717, 1.165) is 0 Å². The molecule has 0 aliphatic carbocycles. The van der Waals surface area contributed by atoms with Crippen molar-refractivity contribution in [2.75, 3.05) is 12.0 Å². The van der Waals surface area contributed by atoms with Gasteiger partial charge in [-0.15, -0.1) is 0 Å². The molecule has 0 bridgehead atoms. The summed E-state index contributed by atoms with van der Waals surface area (Å²) in [4.78, 5) is 10.8. The molecule has 5 nitrogen and oxygen atoms in total. The van der Waals surface area contributed by atoms with Crippen LogP contribution in [0.2, 0.25) is 0 Å². The van der Waals surface area contributed by atoms with Gasteiger partial charge in [0.05, 0.1) is 5.75 Å². The van der Waals surface area contributed by atoms with Crippen molar-refractivity contribution >= 4 is 15.7 Å². The molecule has 1 fully saturated rings. The van der Waals surface area contributed by atoms with Crippen LogP contribution in [0.25, 0.3) is 0 Å². The van der Waals surface area contributed by atoms with E-state index in [4.69, 9.17) is 5.73 Å². The first-order chi connectivity index (χ1) is 5.88. The van der Waals surface area contributed by atoms with Crippen molar-refractivity contribution in [1.82, 2.24) is 5.32 Å². The third kappa shape index (κ3) is 3.31. The summed E-state index contributed by atoms with van der Waals surface area (Å²) in [6.45, 7) is 0. The smallest absolute Gasteiger partial charge is 0.221 e. The Morgan fingerprint density at radius 3 is 2.62 bits per heavy atom. The number of hydrogen-bond acceptors (Lipinski definition) is 4. The lowest BCUT2D eigenvalue weighted by atomic mass is 10.1. The molecule has 1 saturated heterocycles. The number of hydrogen-bond donors (Lipinski definition) is 2. The first-order valence-electron chi connectivity index (χ1n) is 4.11. The van der Waals surface area contributed by atoms with Gasteiger partial charge in [0, 0.05) is 24.8 Å². The summed E-state index contributed by atoms with van der Waals surface area (Å²) in [7, 11) is -2.96. The van der Waals surface area contributed by atoms with Gasteiger partial charge in [-0.25, -0.2) is 8.42 Å². The Morgan fingerprint density at radius 2 is 2.23 bits per heavy atom. The van der Waals surface area contributed by atoms with E-state index < -0.39 is 9.84 Å². The van der Waals surface area contributed by atoms with Crippen LogP contribution in [-0.4, -0.2) is 38.4 Å². The van der Waals surface area contributed by atoms with Gasteiger partial charge in [-0.3, -0.25) is 4.79 Å². The van der Waals surface area contributed by atoms with E-state index in [9.17, 15) is 13.2 Å². The molecule has 1 aliphatic heterocycles. The molecule has 2 atom stereocenters. The minimum absolute atomic E-state index is 0.0750. The fraction of sp³-hybridized carbons (Fsp3) is 0.857. The van der Waals surface area contributed by atoms with Crippen molar-refractivity contribution in [3.05, 3.63) is 0 Å². The molecule has 0 aromatic heterocycles. The Morgan fingerprint density at radius 1 is 1.62 bits per heavy atom. The predicted octanol–water partition coefficient (Wildman–Crippen LogP) is -1.36. The molecule has 0 radical (unpaired) electrons. The average Bonchev–Trinajstić information content (AvgIpc) is 2.24. The highest BCUT2D eigenvalue weighted by Gasteiger charge is 2.29. The maximum absolute atomic E-state index is 10.8. The van der Waals surface area contributed by atoms with Crippen LogP contribution < -0.4 is 11.1 Å². The number of sulfone groups is 1. The molecule has 0 aromatic carbocycles. The molecule has 13 heavy (non-hydrogen) atoms. The average molecular weight is 206 g/mol. The fourth-order valence-corrected chi connectivity index (χ4v) is 2.04. The number of carbonyl (C=O) groups is 1. The zero-order chi connectivity index (χ0) is 10.1. The van der Waals surface area contributed by atoms with Crippen LogP contribution in [0.1, 0.15) is 12.8 Å². The van der Waals surface area contributed by atoms with Gasteiger partial charge in [0.2, 0.25) is 5.91 Å². The van der Waals surface area contributed by atoms with E-state index in [0.29, 0.717) is 12.8 Å². The number of carbonyl (C=O) groups excluding carboxylic acids is 1. The summed E-state index contributed by atoms with van der Waals surface area (Å²) in [6.07, 6.45) is 1.88. The maximum atomic E-state index is 10.8. The summed E-state index contributed by atoms with van der Waals surface area (Å²) >= 11 is 0. The topological polar surface area (TPSA) is 89.3 Å². The molecule has 6 heteroatoms. The molecule has 0 aromatic rings. The van der Waals surface area contributed by atoms with Gasteiger partial charge in [0.25, 0.3) is 0 Å². The van der Waals surface area contributed by atoms with E-state index in [-0.39, 0.29) is 23.7 Å². The summed E-state index contributed by atoms with van der Waals surface area (Å²) in [5.41, 5.74) is 5.62. The van der Waals surface area contributed by atoms with E-state index in [1.165, 1.54) is 6.26 Å². The number of amides is 1. The van der Waals surface area contributed by atoms with Crippen LogP contribution in [0.4, 0.5) is 0 Å². The molecule has 1 rings (SSSR count). The molecular weight excluding hydrogens is 192 g/mol. The standard InChI is InChI=1S/C7H14N2O3S/c1-13(11,12)3-2-6-5(8)4-7(10)9-6/h5-6H,2-4,8H2,1H3,(H,9,10)/t5-,6+/m1/s1. The second kappa shape index (κ2) is 3.63. The molecule has 0 saturated carbocycles. The molecule has 1 aliphatic rings. The highest BCUT2D eigenvalue weighted by Crippen LogP contribution is 2.09. The summed E-state index contributed by atoms with van der Waals surface area (Å²) in [5, 5.41) is 2.65. The Bertz CT molecular complexity index is 299. The largest absolute Gasteiger partial charge is 0.352 e. The van der Waals surface area contributed by atoms with Gasteiger partial charge >= 0.3 is 0 Å². The van der Waals surface area contributed by atoms with Crippen molar-refractivity contribution in [2.24, 2.45) is 5.73 Å². The summed E-state index contributed by atoms with van der Waals surface area (Å²) in [5.74, 6) is -0.0166. The van der Waals surface area contributed by atoms with Gasteiger partial charge in [0.15, 0.2) is 0 Å². The first kappa shape index (κ1) is 10.5. The van der Waals surface area contributed by atoms with Crippen molar-refractivity contribution < 1.29 is 13.2 Å². The summed E-state index contributed by atoms with van der Waals surface area (Å²) < 4.78 is 21.6. The lowest BCUT2D eigenvalue weighted by Gasteiger charge is -2.13. The Balaban J connectivity index is 2.42. The quantitative estimate of drug-likeness (QED) is 0.596. The van der Waals surface area contributed by atoms with E-state index in [1.54, 1.807) is 0 Å². The normalized spacial score (nSPS) is 28.9. The molecule has 0 unspecified atom stereocenters. The van der Waals surface area contributed by atoms with Gasteiger partial charge in [-0.05, 0) is 6.42 Å². The van der Waals surface area contributed by atoms with Gasteiger partial charge in [-0.1, -0.05) is 0 Å². The monoisotopic (exact) mass is 206 g/mol. The lowest BCUT2D eigenvalue weighted by Crippen LogP contribution is -2.38. The molecule has 1 heterocycles. The number of rotatable bonds is 3. The van der Waals surface area contributed by atoms with Crippen LogP contribution in [0.5, 0.6) is 0 Å². The van der Waals surface area contributed by atoms with Crippen LogP contribution in [-0.2, 0) is 14.6 Å². The minimum atomic E-state index is -2.96. The van der Waals surface area contributed by atoms with Gasteiger partial charge in [-0.2, -0.15) is 0 Å².